The number of nitrogens with one attached hydrogen (secondary N) is 1. The zero-order chi connectivity index (χ0) is 12.3. The summed E-state index contributed by atoms with van der Waals surface area (Å²) >= 11 is 0. The van der Waals surface area contributed by atoms with E-state index in [4.69, 9.17) is 9.47 Å². The Bertz CT molecular complexity index is 384. The SMILES string of the molecule is CCOc1cc(C)c(C2CNCCO2)cc1C. The molecule has 0 bridgehead atoms. The molecule has 0 amide bonds. The lowest BCUT2D eigenvalue weighted by Gasteiger charge is -2.26. The normalized spacial score (nSPS) is 20.3. The lowest BCUT2D eigenvalue weighted by atomic mass is 9.99. The van der Waals surface area contributed by atoms with E-state index in [1.807, 2.05) is 6.92 Å². The largest absolute Gasteiger partial charge is 0.494 e. The van der Waals surface area contributed by atoms with Gasteiger partial charge in [0.05, 0.1) is 19.3 Å². The van der Waals surface area contributed by atoms with Gasteiger partial charge in [-0.2, -0.15) is 0 Å². The highest BCUT2D eigenvalue weighted by Gasteiger charge is 2.18. The molecule has 94 valence electrons. The third kappa shape index (κ3) is 2.79. The molecule has 1 fully saturated rings. The summed E-state index contributed by atoms with van der Waals surface area (Å²) < 4.78 is 11.4. The fourth-order valence-corrected chi connectivity index (χ4v) is 2.24. The second kappa shape index (κ2) is 5.52. The average molecular weight is 235 g/mol. The summed E-state index contributed by atoms with van der Waals surface area (Å²) in [6.07, 6.45) is 0.179. The Morgan fingerprint density at radius 2 is 2.18 bits per heavy atom. The highest BCUT2D eigenvalue weighted by Crippen LogP contribution is 2.29. The first-order valence-corrected chi connectivity index (χ1v) is 6.28. The maximum atomic E-state index is 5.80. The van der Waals surface area contributed by atoms with Crippen molar-refractivity contribution in [1.82, 2.24) is 5.32 Å². The summed E-state index contributed by atoms with van der Waals surface area (Å²) in [7, 11) is 0. The molecule has 1 N–H and O–H groups in total. The van der Waals surface area contributed by atoms with Crippen LogP contribution in [0, 0.1) is 13.8 Å². The van der Waals surface area contributed by atoms with Crippen LogP contribution in [0.2, 0.25) is 0 Å². The van der Waals surface area contributed by atoms with Gasteiger partial charge in [-0.25, -0.2) is 0 Å². The molecule has 3 heteroatoms. The Balaban J connectivity index is 2.25. The van der Waals surface area contributed by atoms with Crippen LogP contribution in [0.5, 0.6) is 5.75 Å². The van der Waals surface area contributed by atoms with Crippen molar-refractivity contribution < 1.29 is 9.47 Å². The number of benzene rings is 1. The van der Waals surface area contributed by atoms with Crippen LogP contribution >= 0.6 is 0 Å². The van der Waals surface area contributed by atoms with Crippen molar-refractivity contribution in [2.24, 2.45) is 0 Å². The summed E-state index contributed by atoms with van der Waals surface area (Å²) in [5, 5.41) is 3.36. The molecule has 1 heterocycles. The van der Waals surface area contributed by atoms with E-state index in [2.05, 4.69) is 31.3 Å². The standard InChI is InChI=1S/C14H21NO2/c1-4-16-13-8-10(2)12(7-11(13)3)14-9-15-5-6-17-14/h7-8,14-15H,4-6,9H2,1-3H3. The molecule has 0 spiro atoms. The third-order valence-corrected chi connectivity index (χ3v) is 3.14. The van der Waals surface area contributed by atoms with Gasteiger partial charge in [0.2, 0.25) is 0 Å². The number of ether oxygens (including phenoxy) is 2. The number of morpholine rings is 1. The highest BCUT2D eigenvalue weighted by atomic mass is 16.5. The molecular formula is C14H21NO2. The van der Waals surface area contributed by atoms with Crippen LogP contribution < -0.4 is 10.1 Å². The molecule has 17 heavy (non-hydrogen) atoms. The Morgan fingerprint density at radius 3 is 2.82 bits per heavy atom. The van der Waals surface area contributed by atoms with Gasteiger partial charge in [-0.05, 0) is 49.6 Å². The molecule has 1 unspecified atom stereocenters. The maximum Gasteiger partial charge on any atom is 0.122 e. The topological polar surface area (TPSA) is 30.5 Å². The Morgan fingerprint density at radius 1 is 1.35 bits per heavy atom. The molecule has 1 aromatic carbocycles. The van der Waals surface area contributed by atoms with Gasteiger partial charge in [0, 0.05) is 13.1 Å². The number of rotatable bonds is 3. The quantitative estimate of drug-likeness (QED) is 0.872. The van der Waals surface area contributed by atoms with E-state index in [0.717, 1.165) is 25.4 Å². The maximum absolute atomic E-state index is 5.80. The van der Waals surface area contributed by atoms with Gasteiger partial charge in [-0.3, -0.25) is 0 Å². The first-order valence-electron chi connectivity index (χ1n) is 6.28. The third-order valence-electron chi connectivity index (χ3n) is 3.14. The van der Waals surface area contributed by atoms with Crippen LogP contribution in [0.15, 0.2) is 12.1 Å². The van der Waals surface area contributed by atoms with E-state index >= 15 is 0 Å². The lowest BCUT2D eigenvalue weighted by molar-refractivity contribution is 0.0272. The van der Waals surface area contributed by atoms with Crippen molar-refractivity contribution >= 4 is 0 Å². The zero-order valence-corrected chi connectivity index (χ0v) is 10.9. The molecular weight excluding hydrogens is 214 g/mol. The number of hydrogen-bond acceptors (Lipinski definition) is 3. The minimum atomic E-state index is 0.179. The molecule has 1 aliphatic rings. The fraction of sp³-hybridized carbons (Fsp3) is 0.571. The molecule has 3 nitrogen and oxygen atoms in total. The van der Waals surface area contributed by atoms with E-state index < -0.39 is 0 Å². The molecule has 2 rings (SSSR count). The van der Waals surface area contributed by atoms with Crippen molar-refractivity contribution in [2.75, 3.05) is 26.3 Å². The van der Waals surface area contributed by atoms with E-state index in [-0.39, 0.29) is 6.10 Å². The molecule has 0 saturated carbocycles. The molecule has 1 saturated heterocycles. The van der Waals surface area contributed by atoms with Crippen LogP contribution in [-0.2, 0) is 4.74 Å². The first kappa shape index (κ1) is 12.4. The van der Waals surface area contributed by atoms with Crippen molar-refractivity contribution in [2.45, 2.75) is 26.9 Å². The molecule has 0 aliphatic carbocycles. The smallest absolute Gasteiger partial charge is 0.122 e. The van der Waals surface area contributed by atoms with E-state index in [0.29, 0.717) is 6.61 Å². The minimum absolute atomic E-state index is 0.179. The van der Waals surface area contributed by atoms with E-state index in [1.54, 1.807) is 0 Å². The van der Waals surface area contributed by atoms with Gasteiger partial charge in [0.25, 0.3) is 0 Å². The lowest BCUT2D eigenvalue weighted by Crippen LogP contribution is -2.33. The Hall–Kier alpha value is -1.06. The predicted octanol–water partition coefficient (Wildman–Crippen LogP) is 2.36. The summed E-state index contributed by atoms with van der Waals surface area (Å²) in [6, 6.07) is 4.31. The number of hydrogen-bond donors (Lipinski definition) is 1. The van der Waals surface area contributed by atoms with E-state index in [9.17, 15) is 0 Å². The van der Waals surface area contributed by atoms with Crippen LogP contribution in [0.4, 0.5) is 0 Å². The van der Waals surface area contributed by atoms with Crippen molar-refractivity contribution in [1.29, 1.82) is 0 Å². The molecule has 0 radical (unpaired) electrons. The fourth-order valence-electron chi connectivity index (χ4n) is 2.24. The first-order chi connectivity index (χ1) is 8.22. The average Bonchev–Trinajstić information content (AvgIpc) is 2.35. The zero-order valence-electron chi connectivity index (χ0n) is 10.9. The highest BCUT2D eigenvalue weighted by molar-refractivity contribution is 5.42. The predicted molar refractivity (Wildman–Crippen MR) is 68.6 cm³/mol. The summed E-state index contributed by atoms with van der Waals surface area (Å²) in [5.74, 6) is 0.984. The van der Waals surface area contributed by atoms with Crippen molar-refractivity contribution in [3.63, 3.8) is 0 Å². The van der Waals surface area contributed by atoms with Crippen LogP contribution in [-0.4, -0.2) is 26.3 Å². The van der Waals surface area contributed by atoms with Crippen LogP contribution in [0.25, 0.3) is 0 Å². The Labute approximate surface area is 103 Å². The number of aryl methyl sites for hydroxylation is 2. The summed E-state index contributed by atoms with van der Waals surface area (Å²) in [6.45, 7) is 9.56. The molecule has 1 aliphatic heterocycles. The van der Waals surface area contributed by atoms with Gasteiger partial charge in [0.1, 0.15) is 5.75 Å². The second-order valence-electron chi connectivity index (χ2n) is 4.47. The van der Waals surface area contributed by atoms with Gasteiger partial charge in [-0.1, -0.05) is 0 Å². The Kier molecular flexibility index (Phi) is 4.02. The van der Waals surface area contributed by atoms with Gasteiger partial charge < -0.3 is 14.8 Å². The molecule has 1 atom stereocenters. The molecule has 1 aromatic rings. The van der Waals surface area contributed by atoms with Crippen LogP contribution in [0.3, 0.4) is 0 Å². The summed E-state index contributed by atoms with van der Waals surface area (Å²) in [5.41, 5.74) is 3.70. The van der Waals surface area contributed by atoms with E-state index in [1.165, 1.54) is 16.7 Å². The van der Waals surface area contributed by atoms with Crippen molar-refractivity contribution in [3.8, 4) is 5.75 Å². The van der Waals surface area contributed by atoms with Crippen LogP contribution in [0.1, 0.15) is 29.7 Å². The van der Waals surface area contributed by atoms with Crippen molar-refractivity contribution in [3.05, 3.63) is 28.8 Å². The second-order valence-corrected chi connectivity index (χ2v) is 4.47. The minimum Gasteiger partial charge on any atom is -0.494 e. The summed E-state index contributed by atoms with van der Waals surface area (Å²) in [4.78, 5) is 0. The van der Waals surface area contributed by atoms with Gasteiger partial charge >= 0.3 is 0 Å². The van der Waals surface area contributed by atoms with Gasteiger partial charge in [-0.15, -0.1) is 0 Å². The molecule has 0 aromatic heterocycles. The van der Waals surface area contributed by atoms with Gasteiger partial charge in [0.15, 0.2) is 0 Å². The monoisotopic (exact) mass is 235 g/mol.